The smallest absolute Gasteiger partial charge is 0.423 e. The lowest BCUT2D eigenvalue weighted by Crippen LogP contribution is -2.38. The third kappa shape index (κ3) is 3.77. The van der Waals surface area contributed by atoms with E-state index >= 15 is 0 Å². The highest BCUT2D eigenvalue weighted by molar-refractivity contribution is 6.62. The Kier molecular flexibility index (Phi) is 5.37. The Hall–Kier alpha value is -2.38. The molecule has 4 rings (SSSR count). The van der Waals surface area contributed by atoms with Gasteiger partial charge in [0.2, 0.25) is 5.95 Å². The van der Waals surface area contributed by atoms with E-state index in [2.05, 4.69) is 26.7 Å². The van der Waals surface area contributed by atoms with Crippen LogP contribution in [0.2, 0.25) is 5.02 Å². The molecule has 2 aliphatic rings. The molecular weight excluding hydrogens is 380 g/mol. The third-order valence-corrected chi connectivity index (χ3v) is 5.24. The van der Waals surface area contributed by atoms with Crippen LogP contribution < -0.4 is 16.1 Å². The Morgan fingerprint density at radius 1 is 1.43 bits per heavy atom. The van der Waals surface area contributed by atoms with Crippen molar-refractivity contribution in [1.29, 1.82) is 5.26 Å². The van der Waals surface area contributed by atoms with Crippen molar-refractivity contribution >= 4 is 41.6 Å². The average molecular weight is 400 g/mol. The van der Waals surface area contributed by atoms with Crippen LogP contribution in [0, 0.1) is 24.2 Å². The van der Waals surface area contributed by atoms with Crippen LogP contribution in [-0.4, -0.2) is 41.4 Å². The van der Waals surface area contributed by atoms with Crippen LogP contribution in [0.5, 0.6) is 0 Å². The van der Waals surface area contributed by atoms with Crippen molar-refractivity contribution in [3.8, 4) is 6.07 Å². The number of halogens is 1. The first-order valence-electron chi connectivity index (χ1n) is 9.01. The lowest BCUT2D eigenvalue weighted by Gasteiger charge is -2.28. The van der Waals surface area contributed by atoms with Crippen molar-refractivity contribution in [2.45, 2.75) is 26.0 Å². The fourth-order valence-corrected chi connectivity index (χ4v) is 3.68. The molecule has 2 atom stereocenters. The van der Waals surface area contributed by atoms with Crippen molar-refractivity contribution in [3.05, 3.63) is 34.5 Å². The van der Waals surface area contributed by atoms with Crippen LogP contribution in [-0.2, 0) is 16.0 Å². The number of nitriles is 1. The number of fused-ring (bicyclic) bond motifs is 1. The first kappa shape index (κ1) is 19.0. The van der Waals surface area contributed by atoms with E-state index in [1.165, 1.54) is 6.20 Å². The van der Waals surface area contributed by atoms with Gasteiger partial charge in [0.05, 0.1) is 37.4 Å². The zero-order valence-electron chi connectivity index (χ0n) is 15.3. The largest absolute Gasteiger partial charge is 0.492 e. The molecule has 144 valence electrons. The van der Waals surface area contributed by atoms with Gasteiger partial charge in [0, 0.05) is 12.3 Å². The second-order valence-electron chi connectivity index (χ2n) is 6.89. The molecule has 3 heterocycles. The second-order valence-corrected chi connectivity index (χ2v) is 7.30. The Morgan fingerprint density at radius 3 is 3.11 bits per heavy atom. The van der Waals surface area contributed by atoms with Gasteiger partial charge in [0.1, 0.15) is 5.02 Å². The highest BCUT2D eigenvalue weighted by Crippen LogP contribution is 2.26. The standard InChI is InChI=1S/C18H19BClN5O3/c1-10-4-13(5-12-8-28-19(26)16(10)12)23-18-22-7-14(20)17(25-18)24-15-9-27-3-2-11(15)6-21/h4-5,7,11,15,26H,2-3,8-9H2,1H3,(H2,22,23,24,25)/t11?,15-/m0/s1. The third-order valence-electron chi connectivity index (χ3n) is 4.96. The van der Waals surface area contributed by atoms with E-state index < -0.39 is 7.12 Å². The summed E-state index contributed by atoms with van der Waals surface area (Å²) in [6.45, 7) is 3.28. The van der Waals surface area contributed by atoms with Gasteiger partial charge in [-0.25, -0.2) is 4.98 Å². The normalized spacial score (nSPS) is 21.1. The minimum atomic E-state index is -0.877. The van der Waals surface area contributed by atoms with Crippen molar-refractivity contribution in [2.24, 2.45) is 5.92 Å². The SMILES string of the molecule is Cc1cc(Nc2ncc(Cl)c(N[C@H]3COCCC3C#N)n2)cc2c1B(O)OC2. The highest BCUT2D eigenvalue weighted by atomic mass is 35.5. The number of hydrogen-bond acceptors (Lipinski definition) is 8. The summed E-state index contributed by atoms with van der Waals surface area (Å²) in [6, 6.07) is 5.94. The van der Waals surface area contributed by atoms with E-state index in [4.69, 9.17) is 21.0 Å². The maximum Gasteiger partial charge on any atom is 0.492 e. The van der Waals surface area contributed by atoms with Gasteiger partial charge in [-0.1, -0.05) is 11.6 Å². The average Bonchev–Trinajstić information content (AvgIpc) is 3.06. The Balaban J connectivity index is 1.55. The van der Waals surface area contributed by atoms with Gasteiger partial charge in [-0.05, 0) is 42.1 Å². The van der Waals surface area contributed by atoms with E-state index in [9.17, 15) is 10.3 Å². The summed E-state index contributed by atoms with van der Waals surface area (Å²) in [7, 11) is -0.877. The molecule has 1 saturated heterocycles. The summed E-state index contributed by atoms with van der Waals surface area (Å²) in [5.74, 6) is 0.657. The molecule has 1 aromatic carbocycles. The highest BCUT2D eigenvalue weighted by Gasteiger charge is 2.30. The molecule has 0 bridgehead atoms. The molecule has 0 aliphatic carbocycles. The molecule has 1 unspecified atom stereocenters. The summed E-state index contributed by atoms with van der Waals surface area (Å²) in [5, 5.41) is 26.0. The van der Waals surface area contributed by atoms with Crippen LogP contribution in [0.4, 0.5) is 17.5 Å². The summed E-state index contributed by atoms with van der Waals surface area (Å²) in [5.41, 5.74) is 3.45. The van der Waals surface area contributed by atoms with Gasteiger partial charge in [-0.2, -0.15) is 10.2 Å². The van der Waals surface area contributed by atoms with E-state index in [0.29, 0.717) is 43.0 Å². The fourth-order valence-electron chi connectivity index (χ4n) is 3.54. The molecule has 0 radical (unpaired) electrons. The lowest BCUT2D eigenvalue weighted by molar-refractivity contribution is 0.0698. The first-order valence-corrected chi connectivity index (χ1v) is 9.39. The van der Waals surface area contributed by atoms with Crippen molar-refractivity contribution in [2.75, 3.05) is 23.8 Å². The van der Waals surface area contributed by atoms with Gasteiger partial charge < -0.3 is 25.0 Å². The monoisotopic (exact) mass is 399 g/mol. The predicted octanol–water partition coefficient (Wildman–Crippen LogP) is 1.74. The first-order chi connectivity index (χ1) is 13.5. The maximum atomic E-state index is 9.88. The molecule has 1 fully saturated rings. The molecule has 1 aromatic heterocycles. The molecule has 2 aromatic rings. The number of aryl methyl sites for hydroxylation is 1. The number of nitrogens with one attached hydrogen (secondary N) is 2. The Bertz CT molecular complexity index is 938. The number of anilines is 3. The maximum absolute atomic E-state index is 9.88. The van der Waals surface area contributed by atoms with Gasteiger partial charge >= 0.3 is 7.12 Å². The molecule has 8 nitrogen and oxygen atoms in total. The topological polar surface area (TPSA) is 112 Å². The molecule has 10 heteroatoms. The van der Waals surface area contributed by atoms with Crippen molar-refractivity contribution in [1.82, 2.24) is 9.97 Å². The zero-order chi connectivity index (χ0) is 19.7. The number of aromatic nitrogens is 2. The van der Waals surface area contributed by atoms with Crippen LogP contribution in [0.15, 0.2) is 18.3 Å². The van der Waals surface area contributed by atoms with Crippen LogP contribution in [0.25, 0.3) is 0 Å². The summed E-state index contributed by atoms with van der Waals surface area (Å²) >= 11 is 6.24. The van der Waals surface area contributed by atoms with E-state index in [1.54, 1.807) is 0 Å². The molecule has 0 amide bonds. The lowest BCUT2D eigenvalue weighted by atomic mass is 9.76. The summed E-state index contributed by atoms with van der Waals surface area (Å²) in [4.78, 5) is 8.69. The number of ether oxygens (including phenoxy) is 1. The van der Waals surface area contributed by atoms with Crippen LogP contribution in [0.1, 0.15) is 17.5 Å². The van der Waals surface area contributed by atoms with E-state index in [0.717, 1.165) is 22.3 Å². The quantitative estimate of drug-likeness (QED) is 0.667. The van der Waals surface area contributed by atoms with Crippen molar-refractivity contribution in [3.63, 3.8) is 0 Å². The molecular formula is C18H19BClN5O3. The molecule has 28 heavy (non-hydrogen) atoms. The predicted molar refractivity (Wildman–Crippen MR) is 106 cm³/mol. The molecule has 0 spiro atoms. The second kappa shape index (κ2) is 7.93. The molecule has 2 aliphatic heterocycles. The van der Waals surface area contributed by atoms with Gasteiger partial charge in [-0.3, -0.25) is 0 Å². The summed E-state index contributed by atoms with van der Waals surface area (Å²) < 4.78 is 10.7. The molecule has 0 saturated carbocycles. The van der Waals surface area contributed by atoms with Gasteiger partial charge in [0.25, 0.3) is 0 Å². The number of rotatable bonds is 4. The zero-order valence-corrected chi connectivity index (χ0v) is 16.0. The van der Waals surface area contributed by atoms with E-state index in [-0.39, 0.29) is 12.0 Å². The fraction of sp³-hybridized carbons (Fsp3) is 0.389. The number of hydrogen-bond donors (Lipinski definition) is 3. The van der Waals surface area contributed by atoms with E-state index in [1.807, 2.05) is 19.1 Å². The number of benzene rings is 1. The minimum absolute atomic E-state index is 0.165. The number of nitrogens with zero attached hydrogens (tertiary/aromatic N) is 3. The summed E-state index contributed by atoms with van der Waals surface area (Å²) in [6.07, 6.45) is 2.18. The van der Waals surface area contributed by atoms with Gasteiger partial charge in [0.15, 0.2) is 5.82 Å². The van der Waals surface area contributed by atoms with Crippen molar-refractivity contribution < 1.29 is 14.4 Å². The minimum Gasteiger partial charge on any atom is -0.423 e. The Labute approximate surface area is 168 Å². The van der Waals surface area contributed by atoms with Gasteiger partial charge in [-0.15, -0.1) is 0 Å². The van der Waals surface area contributed by atoms with Crippen LogP contribution >= 0.6 is 11.6 Å². The Morgan fingerprint density at radius 2 is 2.29 bits per heavy atom. The molecule has 3 N–H and O–H groups in total. The van der Waals surface area contributed by atoms with Crippen LogP contribution in [0.3, 0.4) is 0 Å².